The van der Waals surface area contributed by atoms with E-state index in [1.54, 1.807) is 13.0 Å². The first-order chi connectivity index (χ1) is 9.99. The van der Waals surface area contributed by atoms with Crippen molar-refractivity contribution in [3.63, 3.8) is 0 Å². The predicted octanol–water partition coefficient (Wildman–Crippen LogP) is 1.13. The number of hydrogen-bond donors (Lipinski definition) is 3. The minimum atomic E-state index is -0.575. The maximum Gasteiger partial charge on any atom is 0.293 e. The van der Waals surface area contributed by atoms with Crippen LogP contribution >= 0.6 is 0 Å². The van der Waals surface area contributed by atoms with Crippen molar-refractivity contribution in [1.82, 2.24) is 10.6 Å². The topological polar surface area (TPSA) is 110 Å². The van der Waals surface area contributed by atoms with Crippen molar-refractivity contribution in [2.24, 2.45) is 0 Å². The van der Waals surface area contributed by atoms with E-state index in [4.69, 9.17) is 5.73 Å². The lowest BCUT2D eigenvalue weighted by atomic mass is 10.1. The number of rotatable bonds is 4. The maximum atomic E-state index is 12.2. The maximum absolute atomic E-state index is 12.2. The first-order valence-electron chi connectivity index (χ1n) is 6.70. The highest BCUT2D eigenvalue weighted by Gasteiger charge is 2.20. The Bertz CT molecular complexity index is 610. The van der Waals surface area contributed by atoms with Crippen molar-refractivity contribution >= 4 is 17.3 Å². The van der Waals surface area contributed by atoms with Gasteiger partial charge in [0.05, 0.1) is 10.5 Å². The van der Waals surface area contributed by atoms with Crippen LogP contribution in [0.5, 0.6) is 0 Å². The lowest BCUT2D eigenvalue weighted by Gasteiger charge is -2.15. The smallest absolute Gasteiger partial charge is 0.293 e. The molecule has 1 aliphatic heterocycles. The standard InChI is InChI=1S/C14H18N4O3/c1-9-6-11(13(15)12(7-9)18(20)21)14(19)17-8-10-2-4-16-5-3-10/h2,6-7,16H,3-5,8,15H2,1H3,(H,17,19). The lowest BCUT2D eigenvalue weighted by molar-refractivity contribution is -0.384. The SMILES string of the molecule is Cc1cc(C(=O)NCC2=CCNCC2)c(N)c([N+](=O)[O-])c1. The van der Waals surface area contributed by atoms with Gasteiger partial charge >= 0.3 is 0 Å². The second-order valence-electron chi connectivity index (χ2n) is 5.00. The van der Waals surface area contributed by atoms with Crippen LogP contribution in [0.3, 0.4) is 0 Å². The first kappa shape index (κ1) is 15.0. The van der Waals surface area contributed by atoms with Crippen LogP contribution in [0.25, 0.3) is 0 Å². The molecule has 0 aliphatic carbocycles. The summed E-state index contributed by atoms with van der Waals surface area (Å²) in [6.45, 7) is 3.81. The molecule has 21 heavy (non-hydrogen) atoms. The summed E-state index contributed by atoms with van der Waals surface area (Å²) >= 11 is 0. The van der Waals surface area contributed by atoms with Crippen LogP contribution in [0.1, 0.15) is 22.3 Å². The predicted molar refractivity (Wildman–Crippen MR) is 80.1 cm³/mol. The fourth-order valence-electron chi connectivity index (χ4n) is 2.24. The Morgan fingerprint density at radius 2 is 2.29 bits per heavy atom. The Hall–Kier alpha value is -2.41. The molecule has 7 nitrogen and oxygen atoms in total. The highest BCUT2D eigenvalue weighted by atomic mass is 16.6. The van der Waals surface area contributed by atoms with E-state index in [0.29, 0.717) is 12.1 Å². The molecular formula is C14H18N4O3. The van der Waals surface area contributed by atoms with Crippen LogP contribution in [0, 0.1) is 17.0 Å². The lowest BCUT2D eigenvalue weighted by Crippen LogP contribution is -2.30. The van der Waals surface area contributed by atoms with Gasteiger partial charge in [-0.05, 0) is 31.5 Å². The van der Waals surface area contributed by atoms with Gasteiger partial charge in [0.1, 0.15) is 5.69 Å². The van der Waals surface area contributed by atoms with E-state index in [0.717, 1.165) is 25.1 Å². The zero-order valence-corrected chi connectivity index (χ0v) is 11.8. The number of hydrogen-bond acceptors (Lipinski definition) is 5. The summed E-state index contributed by atoms with van der Waals surface area (Å²) < 4.78 is 0. The molecule has 1 aliphatic rings. The fourth-order valence-corrected chi connectivity index (χ4v) is 2.24. The van der Waals surface area contributed by atoms with E-state index in [1.165, 1.54) is 6.07 Å². The van der Waals surface area contributed by atoms with Crippen molar-refractivity contribution < 1.29 is 9.72 Å². The number of nitrogens with one attached hydrogen (secondary N) is 2. The Kier molecular flexibility index (Phi) is 4.54. The minimum absolute atomic E-state index is 0.0950. The van der Waals surface area contributed by atoms with E-state index in [1.807, 2.05) is 6.08 Å². The molecule has 112 valence electrons. The van der Waals surface area contributed by atoms with Crippen molar-refractivity contribution in [1.29, 1.82) is 0 Å². The number of carbonyl (C=O) groups is 1. The molecule has 0 spiro atoms. The largest absolute Gasteiger partial charge is 0.393 e. The van der Waals surface area contributed by atoms with Gasteiger partial charge in [0.15, 0.2) is 0 Å². The molecular weight excluding hydrogens is 272 g/mol. The third-order valence-electron chi connectivity index (χ3n) is 3.38. The molecule has 2 rings (SSSR count). The van der Waals surface area contributed by atoms with Crippen LogP contribution in [-0.4, -0.2) is 30.5 Å². The second-order valence-corrected chi connectivity index (χ2v) is 5.00. The van der Waals surface area contributed by atoms with Crippen LogP contribution < -0.4 is 16.4 Å². The van der Waals surface area contributed by atoms with Crippen molar-refractivity contribution in [3.8, 4) is 0 Å². The molecule has 1 aromatic carbocycles. The quantitative estimate of drug-likeness (QED) is 0.333. The van der Waals surface area contributed by atoms with E-state index in [9.17, 15) is 14.9 Å². The number of aryl methyl sites for hydroxylation is 1. The fraction of sp³-hybridized carbons (Fsp3) is 0.357. The molecule has 0 saturated heterocycles. The third-order valence-corrected chi connectivity index (χ3v) is 3.38. The molecule has 0 fully saturated rings. The number of carbonyl (C=O) groups excluding carboxylic acids is 1. The van der Waals surface area contributed by atoms with E-state index < -0.39 is 10.8 Å². The Balaban J connectivity index is 2.15. The van der Waals surface area contributed by atoms with Gasteiger partial charge in [0.25, 0.3) is 11.6 Å². The van der Waals surface area contributed by atoms with E-state index in [2.05, 4.69) is 10.6 Å². The van der Waals surface area contributed by atoms with Gasteiger partial charge in [0, 0.05) is 19.2 Å². The van der Waals surface area contributed by atoms with Crippen molar-refractivity contribution in [2.45, 2.75) is 13.3 Å². The van der Waals surface area contributed by atoms with Gasteiger partial charge in [-0.3, -0.25) is 14.9 Å². The molecule has 0 radical (unpaired) electrons. The van der Waals surface area contributed by atoms with Crippen LogP contribution in [0.2, 0.25) is 0 Å². The average Bonchev–Trinajstić information content (AvgIpc) is 2.47. The summed E-state index contributed by atoms with van der Waals surface area (Å²) in [5.41, 5.74) is 7.32. The first-order valence-corrected chi connectivity index (χ1v) is 6.70. The van der Waals surface area contributed by atoms with Crippen LogP contribution in [0.4, 0.5) is 11.4 Å². The van der Waals surface area contributed by atoms with Gasteiger partial charge in [-0.1, -0.05) is 11.6 Å². The molecule has 7 heteroatoms. The molecule has 0 aromatic heterocycles. The summed E-state index contributed by atoms with van der Waals surface area (Å²) in [6.07, 6.45) is 2.91. The number of nitrogen functional groups attached to an aromatic ring is 1. The van der Waals surface area contributed by atoms with Crippen LogP contribution in [-0.2, 0) is 0 Å². The number of benzene rings is 1. The minimum Gasteiger partial charge on any atom is -0.393 e. The van der Waals surface area contributed by atoms with E-state index >= 15 is 0 Å². The van der Waals surface area contributed by atoms with Gasteiger partial charge in [-0.2, -0.15) is 0 Å². The average molecular weight is 290 g/mol. The molecule has 1 aromatic rings. The molecule has 0 saturated carbocycles. The van der Waals surface area contributed by atoms with Gasteiger partial charge in [-0.15, -0.1) is 0 Å². The van der Waals surface area contributed by atoms with Crippen LogP contribution in [0.15, 0.2) is 23.8 Å². The Morgan fingerprint density at radius 3 is 2.90 bits per heavy atom. The number of nitrogens with two attached hydrogens (primary N) is 1. The normalized spacial score (nSPS) is 14.4. The summed E-state index contributed by atoms with van der Waals surface area (Å²) in [7, 11) is 0. The molecule has 1 heterocycles. The molecule has 0 unspecified atom stereocenters. The zero-order chi connectivity index (χ0) is 15.4. The number of nitro benzene ring substituents is 1. The third kappa shape index (κ3) is 3.57. The number of amides is 1. The summed E-state index contributed by atoms with van der Waals surface area (Å²) in [4.78, 5) is 22.5. The summed E-state index contributed by atoms with van der Waals surface area (Å²) in [5, 5.41) is 16.9. The van der Waals surface area contributed by atoms with E-state index in [-0.39, 0.29) is 16.9 Å². The van der Waals surface area contributed by atoms with Gasteiger partial charge in [-0.25, -0.2) is 0 Å². The second kappa shape index (κ2) is 6.36. The highest BCUT2D eigenvalue weighted by molar-refractivity contribution is 6.01. The van der Waals surface area contributed by atoms with Crippen molar-refractivity contribution in [2.75, 3.05) is 25.4 Å². The highest BCUT2D eigenvalue weighted by Crippen LogP contribution is 2.27. The molecule has 4 N–H and O–H groups in total. The zero-order valence-electron chi connectivity index (χ0n) is 11.8. The summed E-state index contributed by atoms with van der Waals surface area (Å²) in [6, 6.07) is 2.93. The molecule has 0 bridgehead atoms. The number of nitro groups is 1. The monoisotopic (exact) mass is 290 g/mol. The number of anilines is 1. The summed E-state index contributed by atoms with van der Waals surface area (Å²) in [5.74, 6) is -0.390. The Labute approximate surface area is 122 Å². The van der Waals surface area contributed by atoms with Crippen molar-refractivity contribution in [3.05, 3.63) is 45.0 Å². The molecule has 1 amide bonds. The Morgan fingerprint density at radius 1 is 1.52 bits per heavy atom. The van der Waals surface area contributed by atoms with Gasteiger partial charge < -0.3 is 16.4 Å². The number of nitrogens with zero attached hydrogens (tertiary/aromatic N) is 1. The molecule has 0 atom stereocenters. The van der Waals surface area contributed by atoms with Gasteiger partial charge in [0.2, 0.25) is 0 Å².